The third kappa shape index (κ3) is 3.38. The topological polar surface area (TPSA) is 75.4 Å². The van der Waals surface area contributed by atoms with E-state index in [1.165, 1.54) is 12.8 Å². The first-order chi connectivity index (χ1) is 9.70. The van der Waals surface area contributed by atoms with Gasteiger partial charge in [-0.15, -0.1) is 0 Å². The lowest BCUT2D eigenvalue weighted by Gasteiger charge is -2.29. The van der Waals surface area contributed by atoms with Crippen LogP contribution in [0.2, 0.25) is 0 Å². The highest BCUT2D eigenvalue weighted by molar-refractivity contribution is 5.95. The molecule has 0 aromatic heterocycles. The van der Waals surface area contributed by atoms with Gasteiger partial charge in [0.1, 0.15) is 0 Å². The van der Waals surface area contributed by atoms with Crippen LogP contribution in [0.25, 0.3) is 0 Å². The van der Waals surface area contributed by atoms with Crippen molar-refractivity contribution < 1.29 is 9.90 Å². The first-order valence-corrected chi connectivity index (χ1v) is 7.41. The van der Waals surface area contributed by atoms with Crippen molar-refractivity contribution in [3.05, 3.63) is 29.8 Å². The van der Waals surface area contributed by atoms with E-state index in [0.717, 1.165) is 36.9 Å². The average Bonchev–Trinajstić information content (AvgIpc) is 2.74. The van der Waals surface area contributed by atoms with Gasteiger partial charge in [-0.3, -0.25) is 4.79 Å². The molecule has 1 aromatic carbocycles. The Bertz CT molecular complexity index is 452. The van der Waals surface area contributed by atoms with Crippen LogP contribution < -0.4 is 11.1 Å². The van der Waals surface area contributed by atoms with Gasteiger partial charge in [0.15, 0.2) is 0 Å². The first-order valence-electron chi connectivity index (χ1n) is 7.41. The van der Waals surface area contributed by atoms with Gasteiger partial charge in [0.25, 0.3) is 0 Å². The van der Waals surface area contributed by atoms with E-state index in [0.29, 0.717) is 6.54 Å². The smallest absolute Gasteiger partial charge is 0.231 e. The van der Waals surface area contributed by atoms with Crippen LogP contribution in [0, 0.1) is 5.41 Å². The summed E-state index contributed by atoms with van der Waals surface area (Å²) in [6, 6.07) is 7.32. The molecule has 0 atom stereocenters. The Hall–Kier alpha value is -1.39. The van der Waals surface area contributed by atoms with Gasteiger partial charge >= 0.3 is 0 Å². The minimum absolute atomic E-state index is 0.0221. The molecule has 0 aliphatic heterocycles. The molecule has 0 radical (unpaired) electrons. The van der Waals surface area contributed by atoms with Crippen LogP contribution in [0.15, 0.2) is 24.3 Å². The van der Waals surface area contributed by atoms with Crippen LogP contribution in [-0.4, -0.2) is 17.6 Å². The lowest BCUT2D eigenvalue weighted by molar-refractivity contribution is -0.125. The molecule has 0 heterocycles. The summed E-state index contributed by atoms with van der Waals surface area (Å²) in [4.78, 5) is 12.6. The van der Waals surface area contributed by atoms with Gasteiger partial charge in [-0.25, -0.2) is 0 Å². The molecule has 1 fully saturated rings. The molecule has 20 heavy (non-hydrogen) atoms. The minimum atomic E-state index is -0.425. The molecule has 1 saturated carbocycles. The van der Waals surface area contributed by atoms with Crippen LogP contribution in [-0.2, 0) is 11.4 Å². The second-order valence-corrected chi connectivity index (χ2v) is 5.71. The number of nitrogens with two attached hydrogens (primary N) is 1. The molecule has 4 N–H and O–H groups in total. The SMILES string of the molecule is NCC1(C(=O)Nc2cccc(CO)c2)CCCCCC1. The van der Waals surface area contributed by atoms with E-state index in [4.69, 9.17) is 10.8 Å². The number of rotatable bonds is 4. The molecular weight excluding hydrogens is 252 g/mol. The second kappa shape index (κ2) is 6.86. The van der Waals surface area contributed by atoms with Gasteiger partial charge in [0.2, 0.25) is 5.91 Å². The molecule has 2 rings (SSSR count). The van der Waals surface area contributed by atoms with E-state index in [2.05, 4.69) is 5.32 Å². The van der Waals surface area contributed by atoms with Crippen molar-refractivity contribution in [1.29, 1.82) is 0 Å². The fourth-order valence-electron chi connectivity index (χ4n) is 2.94. The van der Waals surface area contributed by atoms with Crippen LogP contribution in [0.4, 0.5) is 5.69 Å². The average molecular weight is 276 g/mol. The van der Waals surface area contributed by atoms with Gasteiger partial charge in [-0.2, -0.15) is 0 Å². The second-order valence-electron chi connectivity index (χ2n) is 5.71. The van der Waals surface area contributed by atoms with E-state index < -0.39 is 5.41 Å². The zero-order chi connectivity index (χ0) is 14.4. The monoisotopic (exact) mass is 276 g/mol. The molecule has 110 valence electrons. The van der Waals surface area contributed by atoms with Gasteiger partial charge < -0.3 is 16.2 Å². The molecule has 4 nitrogen and oxygen atoms in total. The Morgan fingerprint density at radius 2 is 1.95 bits per heavy atom. The molecule has 1 aliphatic rings. The number of anilines is 1. The quantitative estimate of drug-likeness (QED) is 0.739. The minimum Gasteiger partial charge on any atom is -0.392 e. The summed E-state index contributed by atoms with van der Waals surface area (Å²) in [5.74, 6) is 0.0250. The molecule has 1 amide bonds. The van der Waals surface area contributed by atoms with Crippen molar-refractivity contribution in [2.75, 3.05) is 11.9 Å². The lowest BCUT2D eigenvalue weighted by Crippen LogP contribution is -2.42. The molecule has 1 aliphatic carbocycles. The van der Waals surface area contributed by atoms with Crippen LogP contribution >= 0.6 is 0 Å². The van der Waals surface area contributed by atoms with Crippen LogP contribution in [0.5, 0.6) is 0 Å². The van der Waals surface area contributed by atoms with Gasteiger partial charge in [-0.05, 0) is 30.5 Å². The molecule has 0 spiro atoms. The van der Waals surface area contributed by atoms with Gasteiger partial charge in [0.05, 0.1) is 12.0 Å². The predicted octanol–water partition coefficient (Wildman–Crippen LogP) is 2.42. The number of hydrogen-bond donors (Lipinski definition) is 3. The number of carbonyl (C=O) groups excluding carboxylic acids is 1. The van der Waals surface area contributed by atoms with Crippen molar-refractivity contribution in [3.63, 3.8) is 0 Å². The predicted molar refractivity (Wildman–Crippen MR) is 80.2 cm³/mol. The summed E-state index contributed by atoms with van der Waals surface area (Å²) < 4.78 is 0. The number of carbonyl (C=O) groups is 1. The number of nitrogens with one attached hydrogen (secondary N) is 1. The fourth-order valence-corrected chi connectivity index (χ4v) is 2.94. The molecule has 0 bridgehead atoms. The number of aliphatic hydroxyl groups excluding tert-OH is 1. The van der Waals surface area contributed by atoms with Crippen LogP contribution in [0.1, 0.15) is 44.1 Å². The van der Waals surface area contributed by atoms with E-state index in [9.17, 15) is 4.79 Å². The number of aliphatic hydroxyl groups is 1. The van der Waals surface area contributed by atoms with Crippen molar-refractivity contribution in [3.8, 4) is 0 Å². The third-order valence-electron chi connectivity index (χ3n) is 4.30. The summed E-state index contributed by atoms with van der Waals surface area (Å²) in [6.45, 7) is 0.379. The number of amides is 1. The largest absolute Gasteiger partial charge is 0.392 e. The van der Waals surface area contributed by atoms with E-state index in [-0.39, 0.29) is 12.5 Å². The third-order valence-corrected chi connectivity index (χ3v) is 4.30. The number of benzene rings is 1. The zero-order valence-electron chi connectivity index (χ0n) is 11.9. The Morgan fingerprint density at radius 1 is 1.25 bits per heavy atom. The van der Waals surface area contributed by atoms with Crippen molar-refractivity contribution in [1.82, 2.24) is 0 Å². The van der Waals surface area contributed by atoms with E-state index in [1.807, 2.05) is 18.2 Å². The Morgan fingerprint density at radius 3 is 2.55 bits per heavy atom. The Balaban J connectivity index is 2.11. The lowest BCUT2D eigenvalue weighted by atomic mass is 9.79. The van der Waals surface area contributed by atoms with Crippen LogP contribution in [0.3, 0.4) is 0 Å². The summed E-state index contributed by atoms with van der Waals surface area (Å²) in [5.41, 5.74) is 7.02. The highest BCUT2D eigenvalue weighted by Crippen LogP contribution is 2.35. The molecule has 4 heteroatoms. The molecule has 0 unspecified atom stereocenters. The summed E-state index contributed by atoms with van der Waals surface area (Å²) in [5, 5.41) is 12.1. The Kier molecular flexibility index (Phi) is 5.15. The zero-order valence-corrected chi connectivity index (χ0v) is 11.9. The Labute approximate surface area is 120 Å². The van der Waals surface area contributed by atoms with Gasteiger partial charge in [-0.1, -0.05) is 37.8 Å². The van der Waals surface area contributed by atoms with Crippen molar-refractivity contribution in [2.24, 2.45) is 11.1 Å². The maximum atomic E-state index is 12.6. The van der Waals surface area contributed by atoms with Gasteiger partial charge in [0, 0.05) is 12.2 Å². The summed E-state index contributed by atoms with van der Waals surface area (Å²) in [6.07, 6.45) is 6.26. The van der Waals surface area contributed by atoms with E-state index >= 15 is 0 Å². The highest BCUT2D eigenvalue weighted by atomic mass is 16.3. The first kappa shape index (κ1) is 15.0. The fraction of sp³-hybridized carbons (Fsp3) is 0.562. The normalized spacial score (nSPS) is 18.3. The summed E-state index contributed by atoms with van der Waals surface area (Å²) in [7, 11) is 0. The van der Waals surface area contributed by atoms with Crippen molar-refractivity contribution in [2.45, 2.75) is 45.1 Å². The number of hydrogen-bond acceptors (Lipinski definition) is 3. The maximum absolute atomic E-state index is 12.6. The van der Waals surface area contributed by atoms with Crippen molar-refractivity contribution >= 4 is 11.6 Å². The highest BCUT2D eigenvalue weighted by Gasteiger charge is 2.37. The molecule has 0 saturated heterocycles. The standard InChI is InChI=1S/C16H24N2O2/c17-12-16(8-3-1-2-4-9-16)15(20)18-14-7-5-6-13(10-14)11-19/h5-7,10,19H,1-4,8-9,11-12,17H2,(H,18,20). The van der Waals surface area contributed by atoms with E-state index in [1.54, 1.807) is 6.07 Å². The molecular formula is C16H24N2O2. The molecule has 1 aromatic rings. The summed E-state index contributed by atoms with van der Waals surface area (Å²) >= 11 is 0. The maximum Gasteiger partial charge on any atom is 0.231 e.